The molecule has 0 radical (unpaired) electrons. The molecule has 1 aliphatic heterocycles. The summed E-state index contributed by atoms with van der Waals surface area (Å²) in [6.45, 7) is 0. The average Bonchev–Trinajstić information content (AvgIpc) is 2.66. The van der Waals surface area contributed by atoms with Crippen molar-refractivity contribution >= 4 is 30.3 Å². The molecular formula is C20H14O7P+. The van der Waals surface area contributed by atoms with E-state index in [0.717, 1.165) is 0 Å². The molecule has 140 valence electrons. The summed E-state index contributed by atoms with van der Waals surface area (Å²) >= 11 is 0. The van der Waals surface area contributed by atoms with Crippen LogP contribution in [-0.2, 0) is 4.57 Å². The van der Waals surface area contributed by atoms with Gasteiger partial charge in [-0.1, -0.05) is 18.2 Å². The number of phenolic OH excluding ortho intramolecular Hbond substituents is 1. The molecule has 0 fully saturated rings. The molecule has 0 saturated heterocycles. The first-order valence-corrected chi connectivity index (χ1v) is 9.22. The summed E-state index contributed by atoms with van der Waals surface area (Å²) < 4.78 is 15.8. The first-order valence-electron chi connectivity index (χ1n) is 8.01. The maximum atomic E-state index is 11.4. The van der Waals surface area contributed by atoms with Crippen LogP contribution in [0.4, 0.5) is 0 Å². The maximum absolute atomic E-state index is 11.4. The first kappa shape index (κ1) is 19.2. The number of rotatable bonds is 2. The van der Waals surface area contributed by atoms with Crippen LogP contribution in [-0.4, -0.2) is 21.1 Å². The van der Waals surface area contributed by atoms with Crippen LogP contribution in [0.3, 0.4) is 0 Å². The zero-order valence-electron chi connectivity index (χ0n) is 14.3. The first-order chi connectivity index (χ1) is 13.4. The minimum absolute atomic E-state index is 0.0368. The molecule has 7 nitrogen and oxygen atoms in total. The lowest BCUT2D eigenvalue weighted by molar-refractivity contribution is 0.0699. The lowest BCUT2D eigenvalue weighted by atomic mass is 10.00. The third kappa shape index (κ3) is 4.06. The molecule has 0 amide bonds. The van der Waals surface area contributed by atoms with E-state index in [4.69, 9.17) is 9.31 Å². The summed E-state index contributed by atoms with van der Waals surface area (Å²) in [6.07, 6.45) is 0. The molecule has 1 atom stereocenters. The highest BCUT2D eigenvalue weighted by Crippen LogP contribution is 2.33. The molecule has 3 N–H and O–H groups in total. The van der Waals surface area contributed by atoms with E-state index in [1.165, 1.54) is 36.4 Å². The van der Waals surface area contributed by atoms with Gasteiger partial charge in [0.05, 0.1) is 5.56 Å². The van der Waals surface area contributed by atoms with Crippen molar-refractivity contribution in [3.63, 3.8) is 0 Å². The number of benzene rings is 3. The summed E-state index contributed by atoms with van der Waals surface area (Å²) in [4.78, 5) is 31.3. The number of hydrogen-bond acceptors (Lipinski definition) is 5. The van der Waals surface area contributed by atoms with Crippen molar-refractivity contribution in [1.82, 2.24) is 0 Å². The number of hydrogen-bond donors (Lipinski definition) is 3. The van der Waals surface area contributed by atoms with Crippen molar-refractivity contribution in [3.8, 4) is 17.1 Å². The Balaban J connectivity index is 0.000000211. The van der Waals surface area contributed by atoms with Gasteiger partial charge >= 0.3 is 14.0 Å². The fraction of sp³-hybridized carbons (Fsp3) is 0. The highest BCUT2D eigenvalue weighted by molar-refractivity contribution is 7.47. The number of aromatic carboxylic acids is 1. The highest BCUT2D eigenvalue weighted by Gasteiger charge is 2.20. The molecular weight excluding hydrogens is 383 g/mol. The van der Waals surface area contributed by atoms with E-state index in [0.29, 0.717) is 16.3 Å². The van der Waals surface area contributed by atoms with Crippen molar-refractivity contribution in [2.75, 3.05) is 0 Å². The quantitative estimate of drug-likeness (QED) is 0.350. The van der Waals surface area contributed by atoms with Gasteiger partial charge in [-0.15, -0.1) is 0 Å². The third-order valence-electron chi connectivity index (χ3n) is 3.87. The summed E-state index contributed by atoms with van der Waals surface area (Å²) in [5.74, 6) is -0.969. The molecule has 0 aromatic heterocycles. The Morgan fingerprint density at radius 1 is 0.964 bits per heavy atom. The number of fused-ring (bicyclic) bond motifs is 2. The molecule has 2 aliphatic rings. The summed E-state index contributed by atoms with van der Waals surface area (Å²) in [6, 6.07) is 16.6. The van der Waals surface area contributed by atoms with Crippen molar-refractivity contribution < 1.29 is 28.9 Å². The minimum Gasteiger partial charge on any atom is -0.508 e. The van der Waals surface area contributed by atoms with Gasteiger partial charge in [-0.3, -0.25) is 4.79 Å². The van der Waals surface area contributed by atoms with Crippen LogP contribution >= 0.6 is 8.03 Å². The molecule has 8 heteroatoms. The van der Waals surface area contributed by atoms with E-state index in [2.05, 4.69) is 0 Å². The second kappa shape index (κ2) is 8.00. The predicted molar refractivity (Wildman–Crippen MR) is 104 cm³/mol. The van der Waals surface area contributed by atoms with Gasteiger partial charge in [-0.05, 0) is 41.0 Å². The van der Waals surface area contributed by atoms with Crippen molar-refractivity contribution in [2.45, 2.75) is 0 Å². The molecule has 0 bridgehead atoms. The SMILES string of the molecule is O=C(O)c1c2ccc(=O)cc-2oc2cc(O)ccc12.O=[P+](O)c1ccccc1. The number of carbonyl (C=O) groups is 1. The largest absolute Gasteiger partial charge is 0.546 e. The maximum Gasteiger partial charge on any atom is 0.546 e. The van der Waals surface area contributed by atoms with E-state index < -0.39 is 14.0 Å². The minimum atomic E-state index is -2.15. The second-order valence-electron chi connectivity index (χ2n) is 5.73. The smallest absolute Gasteiger partial charge is 0.508 e. The summed E-state index contributed by atoms with van der Waals surface area (Å²) in [5.41, 5.74) is 0.351. The monoisotopic (exact) mass is 397 g/mol. The zero-order valence-corrected chi connectivity index (χ0v) is 15.2. The standard InChI is InChI=1S/C14H8O5.C6H5O2P/c15-7-1-3-9-11(5-7)19-12-6-8(16)2-4-10(12)13(9)14(17)18;7-9(8)6-4-2-1-3-5-6/h1-6,15H,(H,17,18);1-5H/p+1. The van der Waals surface area contributed by atoms with Crippen molar-refractivity contribution in [2.24, 2.45) is 0 Å². The van der Waals surface area contributed by atoms with Crippen LogP contribution in [0.25, 0.3) is 22.3 Å². The Morgan fingerprint density at radius 3 is 2.29 bits per heavy atom. The van der Waals surface area contributed by atoms with Crippen LogP contribution in [0.2, 0.25) is 0 Å². The molecule has 1 heterocycles. The van der Waals surface area contributed by atoms with E-state index in [9.17, 15) is 24.4 Å². The average molecular weight is 397 g/mol. The Bertz CT molecular complexity index is 1200. The molecule has 0 spiro atoms. The van der Waals surface area contributed by atoms with Crippen LogP contribution < -0.4 is 10.7 Å². The second-order valence-corrected chi connectivity index (χ2v) is 6.79. The van der Waals surface area contributed by atoms with E-state index >= 15 is 0 Å². The van der Waals surface area contributed by atoms with Gasteiger partial charge in [0, 0.05) is 23.1 Å². The molecule has 4 rings (SSSR count). The Kier molecular flexibility index (Phi) is 5.49. The van der Waals surface area contributed by atoms with Gasteiger partial charge in [0.2, 0.25) is 5.30 Å². The predicted octanol–water partition coefficient (Wildman–Crippen LogP) is 3.35. The molecule has 28 heavy (non-hydrogen) atoms. The van der Waals surface area contributed by atoms with Crippen LogP contribution in [0.15, 0.2) is 75.9 Å². The van der Waals surface area contributed by atoms with Gasteiger partial charge in [0.1, 0.15) is 17.1 Å². The lowest BCUT2D eigenvalue weighted by Crippen LogP contribution is -2.05. The van der Waals surface area contributed by atoms with E-state index in [1.807, 2.05) is 6.07 Å². The number of carboxylic acids is 1. The summed E-state index contributed by atoms with van der Waals surface area (Å²) in [7, 11) is -2.15. The summed E-state index contributed by atoms with van der Waals surface area (Å²) in [5, 5.41) is 19.6. The number of aromatic hydroxyl groups is 1. The lowest BCUT2D eigenvalue weighted by Gasteiger charge is -2.11. The third-order valence-corrected chi connectivity index (χ3v) is 4.61. The molecule has 2 aromatic carbocycles. The van der Waals surface area contributed by atoms with Gasteiger partial charge < -0.3 is 14.6 Å². The Labute approximate surface area is 159 Å². The van der Waals surface area contributed by atoms with Crippen molar-refractivity contribution in [3.05, 3.63) is 82.5 Å². The van der Waals surface area contributed by atoms with Gasteiger partial charge in [0.25, 0.3) is 0 Å². The van der Waals surface area contributed by atoms with E-state index in [-0.39, 0.29) is 28.1 Å². The van der Waals surface area contributed by atoms with Gasteiger partial charge in [0.15, 0.2) is 5.43 Å². The van der Waals surface area contributed by atoms with E-state index in [1.54, 1.807) is 24.3 Å². The number of carboxylic acid groups (broad SMARTS) is 1. The van der Waals surface area contributed by atoms with Gasteiger partial charge in [-0.2, -0.15) is 4.89 Å². The molecule has 0 saturated carbocycles. The molecule has 2 aromatic rings. The fourth-order valence-corrected chi connectivity index (χ4v) is 3.07. The Hall–Kier alpha value is -3.54. The normalized spacial score (nSPS) is 11.0. The van der Waals surface area contributed by atoms with Crippen LogP contribution in [0.1, 0.15) is 10.4 Å². The van der Waals surface area contributed by atoms with Crippen LogP contribution in [0.5, 0.6) is 5.75 Å². The molecule has 1 aliphatic carbocycles. The van der Waals surface area contributed by atoms with Crippen LogP contribution in [0, 0.1) is 0 Å². The topological polar surface area (TPSA) is 125 Å². The zero-order chi connectivity index (χ0) is 20.3. The van der Waals surface area contributed by atoms with Gasteiger partial charge in [-0.25, -0.2) is 4.79 Å². The Morgan fingerprint density at radius 2 is 1.68 bits per heavy atom. The van der Waals surface area contributed by atoms with Crippen molar-refractivity contribution in [1.29, 1.82) is 0 Å². The molecule has 1 unspecified atom stereocenters. The number of phenols is 1. The fourth-order valence-electron chi connectivity index (χ4n) is 2.65. The highest BCUT2D eigenvalue weighted by atomic mass is 31.1.